The molecule has 0 N–H and O–H groups in total. The number of halogens is 1. The van der Waals surface area contributed by atoms with Gasteiger partial charge in [0.15, 0.2) is 6.29 Å². The Bertz CT molecular complexity index is 438. The zero-order valence-corrected chi connectivity index (χ0v) is 6.77. The van der Waals surface area contributed by atoms with Crippen LogP contribution < -0.4 is 0 Å². The van der Waals surface area contributed by atoms with Crippen LogP contribution in [0.5, 0.6) is 0 Å². The Kier molecular flexibility index (Phi) is 1.62. The minimum absolute atomic E-state index is 0.321. The summed E-state index contributed by atoms with van der Waals surface area (Å²) < 4.78 is 13.4. The average Bonchev–Trinajstić information content (AvgIpc) is 2.54. The molecule has 1 aromatic carbocycles. The lowest BCUT2D eigenvalue weighted by molar-refractivity contribution is 0.112. The van der Waals surface area contributed by atoms with Crippen LogP contribution in [0.25, 0.3) is 10.2 Å². The Morgan fingerprint density at radius 1 is 1.50 bits per heavy atom. The number of hydrogen-bond donors (Lipinski definition) is 0. The summed E-state index contributed by atoms with van der Waals surface area (Å²) in [6, 6.07) is 2.72. The molecule has 0 aliphatic rings. The Labute approximate surface area is 71.7 Å². The molecule has 12 heavy (non-hydrogen) atoms. The third-order valence-electron chi connectivity index (χ3n) is 1.59. The fourth-order valence-electron chi connectivity index (χ4n) is 1.03. The molecule has 2 aromatic rings. The first-order valence-corrected chi connectivity index (χ1v) is 4.18. The number of rotatable bonds is 1. The molecule has 0 bridgehead atoms. The zero-order valence-electron chi connectivity index (χ0n) is 5.95. The maximum absolute atomic E-state index is 13.0. The minimum atomic E-state index is -0.321. The van der Waals surface area contributed by atoms with Gasteiger partial charge < -0.3 is 0 Å². The van der Waals surface area contributed by atoms with E-state index >= 15 is 0 Å². The molecule has 0 saturated carbocycles. The smallest absolute Gasteiger partial charge is 0.152 e. The molecule has 2 rings (SSSR count). The van der Waals surface area contributed by atoms with Crippen LogP contribution in [0.4, 0.5) is 4.39 Å². The highest BCUT2D eigenvalue weighted by Gasteiger charge is 2.06. The first-order chi connectivity index (χ1) is 5.83. The Balaban J connectivity index is 2.91. The van der Waals surface area contributed by atoms with Gasteiger partial charge >= 0.3 is 0 Å². The van der Waals surface area contributed by atoms with Crippen molar-refractivity contribution in [3.05, 3.63) is 29.0 Å². The zero-order chi connectivity index (χ0) is 8.55. The molecule has 0 saturated heterocycles. The van der Waals surface area contributed by atoms with Crippen molar-refractivity contribution in [1.82, 2.24) is 4.98 Å². The normalized spacial score (nSPS) is 10.4. The molecule has 60 valence electrons. The second-order valence-corrected chi connectivity index (χ2v) is 3.14. The predicted molar refractivity (Wildman–Crippen MR) is 45.0 cm³/mol. The SMILES string of the molecule is O=Cc1ccc(F)c2scnc12. The lowest BCUT2D eigenvalue weighted by Gasteiger charge is -1.92. The maximum Gasteiger partial charge on any atom is 0.152 e. The summed E-state index contributed by atoms with van der Waals surface area (Å²) in [4.78, 5) is 14.4. The number of aromatic nitrogens is 1. The van der Waals surface area contributed by atoms with Crippen molar-refractivity contribution in [1.29, 1.82) is 0 Å². The molecule has 0 aliphatic heterocycles. The van der Waals surface area contributed by atoms with Crippen LogP contribution in [0.3, 0.4) is 0 Å². The summed E-state index contributed by atoms with van der Waals surface area (Å²) in [7, 11) is 0. The average molecular weight is 181 g/mol. The Morgan fingerprint density at radius 3 is 3.08 bits per heavy atom. The van der Waals surface area contributed by atoms with Gasteiger partial charge in [-0.2, -0.15) is 0 Å². The number of fused-ring (bicyclic) bond motifs is 1. The van der Waals surface area contributed by atoms with E-state index in [2.05, 4.69) is 4.98 Å². The highest BCUT2D eigenvalue weighted by Crippen LogP contribution is 2.23. The van der Waals surface area contributed by atoms with E-state index in [1.807, 2.05) is 0 Å². The summed E-state index contributed by atoms with van der Waals surface area (Å²) in [5.74, 6) is -0.321. The van der Waals surface area contributed by atoms with Gasteiger partial charge in [0.2, 0.25) is 0 Å². The highest BCUT2D eigenvalue weighted by atomic mass is 32.1. The molecule has 1 aromatic heterocycles. The van der Waals surface area contributed by atoms with Crippen LogP contribution in [-0.2, 0) is 0 Å². The molecule has 0 radical (unpaired) electrons. The summed E-state index contributed by atoms with van der Waals surface area (Å²) >= 11 is 1.20. The predicted octanol–water partition coefficient (Wildman–Crippen LogP) is 2.25. The van der Waals surface area contributed by atoms with Gasteiger partial charge in [0.25, 0.3) is 0 Å². The number of thiazole rings is 1. The summed E-state index contributed by atoms with van der Waals surface area (Å²) in [6.45, 7) is 0. The number of nitrogens with zero attached hydrogens (tertiary/aromatic N) is 1. The molecule has 0 atom stereocenters. The first-order valence-electron chi connectivity index (χ1n) is 3.30. The summed E-state index contributed by atoms with van der Waals surface area (Å²) in [6.07, 6.45) is 0.682. The number of carbonyl (C=O) groups is 1. The topological polar surface area (TPSA) is 30.0 Å². The van der Waals surface area contributed by atoms with Crippen molar-refractivity contribution < 1.29 is 9.18 Å². The minimum Gasteiger partial charge on any atom is -0.298 e. The van der Waals surface area contributed by atoms with E-state index in [1.54, 1.807) is 0 Å². The van der Waals surface area contributed by atoms with Crippen molar-refractivity contribution in [2.24, 2.45) is 0 Å². The molecule has 0 aliphatic carbocycles. The third-order valence-corrected chi connectivity index (χ3v) is 2.43. The number of aldehydes is 1. The van der Waals surface area contributed by atoms with Gasteiger partial charge in [-0.05, 0) is 12.1 Å². The fourth-order valence-corrected chi connectivity index (χ4v) is 1.76. The van der Waals surface area contributed by atoms with E-state index < -0.39 is 0 Å². The molecule has 0 unspecified atom stereocenters. The maximum atomic E-state index is 13.0. The summed E-state index contributed by atoms with van der Waals surface area (Å²) in [5.41, 5.74) is 2.42. The molecule has 4 heteroatoms. The van der Waals surface area contributed by atoms with Crippen molar-refractivity contribution >= 4 is 27.8 Å². The molecule has 0 fully saturated rings. The summed E-state index contributed by atoms with van der Waals surface area (Å²) in [5, 5.41) is 0. The van der Waals surface area contributed by atoms with Crippen LogP contribution in [0.15, 0.2) is 17.6 Å². The van der Waals surface area contributed by atoms with Crippen molar-refractivity contribution in [2.45, 2.75) is 0 Å². The Hall–Kier alpha value is -1.29. The second kappa shape index (κ2) is 2.64. The van der Waals surface area contributed by atoms with E-state index in [1.165, 1.54) is 29.0 Å². The van der Waals surface area contributed by atoms with E-state index in [0.717, 1.165) is 0 Å². The van der Waals surface area contributed by atoms with Crippen LogP contribution >= 0.6 is 11.3 Å². The molecular weight excluding hydrogens is 177 g/mol. The van der Waals surface area contributed by atoms with Gasteiger partial charge in [-0.25, -0.2) is 9.37 Å². The molecule has 0 spiro atoms. The standard InChI is InChI=1S/C8H4FNOS/c9-6-2-1-5(3-11)7-8(6)12-4-10-7/h1-4H. The van der Waals surface area contributed by atoms with E-state index in [9.17, 15) is 9.18 Å². The number of hydrogen-bond acceptors (Lipinski definition) is 3. The largest absolute Gasteiger partial charge is 0.298 e. The van der Waals surface area contributed by atoms with Gasteiger partial charge in [0, 0.05) is 5.56 Å². The van der Waals surface area contributed by atoms with Gasteiger partial charge in [-0.15, -0.1) is 11.3 Å². The first kappa shape index (κ1) is 7.36. The van der Waals surface area contributed by atoms with Crippen LogP contribution in [-0.4, -0.2) is 11.3 Å². The third kappa shape index (κ3) is 0.921. The van der Waals surface area contributed by atoms with E-state index in [-0.39, 0.29) is 5.82 Å². The van der Waals surface area contributed by atoms with Gasteiger partial charge in [-0.1, -0.05) is 0 Å². The monoisotopic (exact) mass is 181 g/mol. The van der Waals surface area contributed by atoms with Gasteiger partial charge in [0.1, 0.15) is 5.82 Å². The lowest BCUT2D eigenvalue weighted by Crippen LogP contribution is -1.83. The highest BCUT2D eigenvalue weighted by molar-refractivity contribution is 7.16. The molecule has 0 amide bonds. The quantitative estimate of drug-likeness (QED) is 0.631. The van der Waals surface area contributed by atoms with Gasteiger partial charge in [0.05, 0.1) is 15.7 Å². The van der Waals surface area contributed by atoms with Gasteiger partial charge in [-0.3, -0.25) is 4.79 Å². The Morgan fingerprint density at radius 2 is 2.33 bits per heavy atom. The molecular formula is C8H4FNOS. The van der Waals surface area contributed by atoms with Crippen molar-refractivity contribution in [3.8, 4) is 0 Å². The van der Waals surface area contributed by atoms with Crippen LogP contribution in [0.2, 0.25) is 0 Å². The van der Waals surface area contributed by atoms with Crippen LogP contribution in [0, 0.1) is 5.82 Å². The van der Waals surface area contributed by atoms with Crippen LogP contribution in [0.1, 0.15) is 10.4 Å². The second-order valence-electron chi connectivity index (χ2n) is 2.28. The molecule has 1 heterocycles. The fraction of sp³-hybridized carbons (Fsp3) is 0. The van der Waals surface area contributed by atoms with Crippen molar-refractivity contribution in [3.63, 3.8) is 0 Å². The van der Waals surface area contributed by atoms with Crippen molar-refractivity contribution in [2.75, 3.05) is 0 Å². The van der Waals surface area contributed by atoms with E-state index in [4.69, 9.17) is 0 Å². The van der Waals surface area contributed by atoms with E-state index in [0.29, 0.717) is 22.1 Å². The molecule has 2 nitrogen and oxygen atoms in total. The number of benzene rings is 1. The number of carbonyl (C=O) groups excluding carboxylic acids is 1. The lowest BCUT2D eigenvalue weighted by atomic mass is 10.2.